The molecule has 0 radical (unpaired) electrons. The van der Waals surface area contributed by atoms with Crippen molar-refractivity contribution >= 4 is 17.5 Å². The fourth-order valence-corrected chi connectivity index (χ4v) is 2.09. The Morgan fingerprint density at radius 1 is 1.29 bits per heavy atom. The Balaban J connectivity index is 2.87. The highest BCUT2D eigenvalue weighted by molar-refractivity contribution is 5.81. The van der Waals surface area contributed by atoms with Gasteiger partial charge in [0.1, 0.15) is 18.0 Å². The number of rotatable bonds is 7. The highest BCUT2D eigenvalue weighted by Crippen LogP contribution is 2.29. The molecule has 0 saturated heterocycles. The van der Waals surface area contributed by atoms with Gasteiger partial charge in [-0.2, -0.15) is 0 Å². The first-order chi connectivity index (χ1) is 9.86. The van der Waals surface area contributed by atoms with E-state index in [0.29, 0.717) is 12.5 Å². The number of nitrogens with one attached hydrogen (secondary N) is 2. The summed E-state index contributed by atoms with van der Waals surface area (Å²) in [6.07, 6.45) is 1.52. The highest BCUT2D eigenvalue weighted by Gasteiger charge is 2.18. The van der Waals surface area contributed by atoms with Gasteiger partial charge in [-0.1, -0.05) is 27.7 Å². The second kappa shape index (κ2) is 7.81. The minimum atomic E-state index is 0.00512. The first-order valence-corrected chi connectivity index (χ1v) is 7.37. The molecule has 1 aromatic heterocycles. The van der Waals surface area contributed by atoms with Gasteiger partial charge in [0.25, 0.3) is 0 Å². The first kappa shape index (κ1) is 17.2. The third-order valence-electron chi connectivity index (χ3n) is 3.13. The average molecular weight is 293 g/mol. The van der Waals surface area contributed by atoms with E-state index >= 15 is 0 Å². The fourth-order valence-electron chi connectivity index (χ4n) is 2.09. The Kier molecular flexibility index (Phi) is 6.39. The van der Waals surface area contributed by atoms with Crippen molar-refractivity contribution in [2.75, 3.05) is 37.4 Å². The maximum atomic E-state index is 12.0. The van der Waals surface area contributed by atoms with Crippen molar-refractivity contribution in [2.45, 2.75) is 33.6 Å². The van der Waals surface area contributed by atoms with Gasteiger partial charge in [-0.05, 0) is 11.8 Å². The van der Waals surface area contributed by atoms with Crippen molar-refractivity contribution < 1.29 is 4.79 Å². The van der Waals surface area contributed by atoms with Crippen LogP contribution in [-0.2, 0) is 4.79 Å². The smallest absolute Gasteiger partial charge is 0.239 e. The lowest BCUT2D eigenvalue weighted by Gasteiger charge is -2.23. The minimum Gasteiger partial charge on any atom is -0.373 e. The topological polar surface area (TPSA) is 70.2 Å². The Labute approximate surface area is 127 Å². The van der Waals surface area contributed by atoms with Crippen LogP contribution < -0.4 is 15.5 Å². The summed E-state index contributed by atoms with van der Waals surface area (Å²) in [6.45, 7) is 9.31. The van der Waals surface area contributed by atoms with Crippen LogP contribution in [0, 0.1) is 5.92 Å². The average Bonchev–Trinajstić information content (AvgIpc) is 2.43. The minimum absolute atomic E-state index is 0.00512. The molecule has 1 heterocycles. The predicted molar refractivity (Wildman–Crippen MR) is 86.8 cm³/mol. The maximum Gasteiger partial charge on any atom is 0.239 e. The van der Waals surface area contributed by atoms with Crippen LogP contribution >= 0.6 is 0 Å². The predicted octanol–water partition coefficient (Wildman–Crippen LogP) is 1.85. The second-order valence-corrected chi connectivity index (χ2v) is 5.92. The van der Waals surface area contributed by atoms with Crippen LogP contribution in [0.25, 0.3) is 0 Å². The SMILES string of the molecule is CNc1ncnc(N(C)CC(=O)NCC(C)C)c1C(C)C. The molecule has 0 unspecified atom stereocenters. The highest BCUT2D eigenvalue weighted by atomic mass is 16.2. The van der Waals surface area contributed by atoms with Crippen LogP contribution in [0.4, 0.5) is 11.6 Å². The van der Waals surface area contributed by atoms with Crippen LogP contribution in [0.2, 0.25) is 0 Å². The van der Waals surface area contributed by atoms with E-state index < -0.39 is 0 Å². The van der Waals surface area contributed by atoms with Crippen LogP contribution in [0.5, 0.6) is 0 Å². The molecule has 1 aromatic rings. The van der Waals surface area contributed by atoms with E-state index in [1.54, 1.807) is 0 Å². The van der Waals surface area contributed by atoms with Crippen LogP contribution in [-0.4, -0.2) is 43.1 Å². The fraction of sp³-hybridized carbons (Fsp3) is 0.667. The van der Waals surface area contributed by atoms with Crippen molar-refractivity contribution in [3.05, 3.63) is 11.9 Å². The molecule has 0 fully saturated rings. The molecule has 0 bridgehead atoms. The second-order valence-electron chi connectivity index (χ2n) is 5.92. The van der Waals surface area contributed by atoms with E-state index in [1.807, 2.05) is 19.0 Å². The molecule has 0 spiro atoms. The molecule has 0 aliphatic heterocycles. The summed E-state index contributed by atoms with van der Waals surface area (Å²) in [7, 11) is 3.72. The van der Waals surface area contributed by atoms with Gasteiger partial charge in [-0.25, -0.2) is 9.97 Å². The van der Waals surface area contributed by atoms with Gasteiger partial charge in [0.05, 0.1) is 6.54 Å². The zero-order valence-electron chi connectivity index (χ0n) is 13.9. The Bertz CT molecular complexity index is 473. The molecule has 0 atom stereocenters. The number of carbonyl (C=O) groups excluding carboxylic acids is 1. The number of hydrogen-bond acceptors (Lipinski definition) is 5. The molecule has 0 aliphatic rings. The van der Waals surface area contributed by atoms with Crippen molar-refractivity contribution in [3.8, 4) is 0 Å². The van der Waals surface area contributed by atoms with Gasteiger partial charge in [-0.3, -0.25) is 4.79 Å². The lowest BCUT2D eigenvalue weighted by molar-refractivity contribution is -0.119. The molecule has 118 valence electrons. The summed E-state index contributed by atoms with van der Waals surface area (Å²) in [5, 5.41) is 6.01. The molecule has 21 heavy (non-hydrogen) atoms. The lowest BCUT2D eigenvalue weighted by Crippen LogP contribution is -2.37. The summed E-state index contributed by atoms with van der Waals surface area (Å²) in [6, 6.07) is 0. The molecule has 6 heteroatoms. The van der Waals surface area contributed by atoms with Crippen LogP contribution in [0.1, 0.15) is 39.2 Å². The lowest BCUT2D eigenvalue weighted by atomic mass is 10.0. The molecule has 6 nitrogen and oxygen atoms in total. The van der Waals surface area contributed by atoms with E-state index in [2.05, 4.69) is 48.3 Å². The molecule has 2 N–H and O–H groups in total. The summed E-state index contributed by atoms with van der Waals surface area (Å²) < 4.78 is 0. The monoisotopic (exact) mass is 293 g/mol. The number of anilines is 2. The van der Waals surface area contributed by atoms with Gasteiger partial charge < -0.3 is 15.5 Å². The quantitative estimate of drug-likeness (QED) is 0.803. The third kappa shape index (κ3) is 4.88. The summed E-state index contributed by atoms with van der Waals surface area (Å²) in [5.74, 6) is 2.32. The van der Waals surface area contributed by atoms with Crippen molar-refractivity contribution in [3.63, 3.8) is 0 Å². The maximum absolute atomic E-state index is 12.0. The summed E-state index contributed by atoms with van der Waals surface area (Å²) in [5.41, 5.74) is 1.03. The van der Waals surface area contributed by atoms with E-state index in [0.717, 1.165) is 17.2 Å². The Morgan fingerprint density at radius 2 is 1.95 bits per heavy atom. The standard InChI is InChI=1S/C15H27N5O/c1-10(2)7-17-12(21)8-20(6)15-13(11(3)4)14(16-5)18-9-19-15/h9-11H,7-8H2,1-6H3,(H,17,21)(H,16,18,19). The number of nitrogens with zero attached hydrogens (tertiary/aromatic N) is 3. The van der Waals surface area contributed by atoms with Gasteiger partial charge in [0, 0.05) is 26.2 Å². The van der Waals surface area contributed by atoms with E-state index in [9.17, 15) is 4.79 Å². The van der Waals surface area contributed by atoms with Crippen LogP contribution in [0.15, 0.2) is 6.33 Å². The van der Waals surface area contributed by atoms with Gasteiger partial charge in [-0.15, -0.1) is 0 Å². The van der Waals surface area contributed by atoms with Crippen LogP contribution in [0.3, 0.4) is 0 Å². The van der Waals surface area contributed by atoms with Crippen molar-refractivity contribution in [1.82, 2.24) is 15.3 Å². The summed E-state index contributed by atoms with van der Waals surface area (Å²) >= 11 is 0. The molecular formula is C15H27N5O. The molecule has 0 aromatic carbocycles. The molecule has 1 amide bonds. The number of aromatic nitrogens is 2. The number of amides is 1. The first-order valence-electron chi connectivity index (χ1n) is 7.37. The molecule has 0 aliphatic carbocycles. The van der Waals surface area contributed by atoms with E-state index in [-0.39, 0.29) is 18.4 Å². The largest absolute Gasteiger partial charge is 0.373 e. The molecule has 0 saturated carbocycles. The number of carbonyl (C=O) groups is 1. The van der Waals surface area contributed by atoms with Gasteiger partial charge in [0.2, 0.25) is 5.91 Å². The summed E-state index contributed by atoms with van der Waals surface area (Å²) in [4.78, 5) is 22.4. The zero-order valence-corrected chi connectivity index (χ0v) is 13.9. The van der Waals surface area contributed by atoms with Gasteiger partial charge >= 0.3 is 0 Å². The third-order valence-corrected chi connectivity index (χ3v) is 3.13. The van der Waals surface area contributed by atoms with E-state index in [4.69, 9.17) is 0 Å². The van der Waals surface area contributed by atoms with Gasteiger partial charge in [0.15, 0.2) is 0 Å². The zero-order chi connectivity index (χ0) is 16.0. The molecular weight excluding hydrogens is 266 g/mol. The number of likely N-dealkylation sites (N-methyl/N-ethyl adjacent to an activating group) is 1. The van der Waals surface area contributed by atoms with Crippen molar-refractivity contribution in [1.29, 1.82) is 0 Å². The Hall–Kier alpha value is -1.85. The Morgan fingerprint density at radius 3 is 2.48 bits per heavy atom. The normalized spacial score (nSPS) is 10.9. The number of hydrogen-bond donors (Lipinski definition) is 2. The van der Waals surface area contributed by atoms with Crippen molar-refractivity contribution in [2.24, 2.45) is 5.92 Å². The molecule has 1 rings (SSSR count). The van der Waals surface area contributed by atoms with E-state index in [1.165, 1.54) is 6.33 Å².